The van der Waals surface area contributed by atoms with E-state index in [1.54, 1.807) is 43.7 Å². The van der Waals surface area contributed by atoms with Gasteiger partial charge in [0.1, 0.15) is 0 Å². The van der Waals surface area contributed by atoms with Crippen molar-refractivity contribution in [3.63, 3.8) is 0 Å². The maximum absolute atomic E-state index is 11.9. The molecular weight excluding hydrogens is 407 g/mol. The Morgan fingerprint density at radius 1 is 1.22 bits per heavy atom. The van der Waals surface area contributed by atoms with Gasteiger partial charge in [-0.1, -0.05) is 29.3 Å². The predicted molar refractivity (Wildman–Crippen MR) is 113 cm³/mol. The highest BCUT2D eigenvalue weighted by Gasteiger charge is 2.07. The van der Waals surface area contributed by atoms with Gasteiger partial charge in [-0.05, 0) is 48.4 Å². The molecule has 144 valence electrons. The maximum atomic E-state index is 11.9. The lowest BCUT2D eigenvalue weighted by Crippen LogP contribution is -2.19. The van der Waals surface area contributed by atoms with E-state index in [2.05, 4.69) is 10.5 Å². The van der Waals surface area contributed by atoms with Crippen LogP contribution in [0.25, 0.3) is 0 Å². The van der Waals surface area contributed by atoms with Crippen molar-refractivity contribution in [2.45, 2.75) is 12.7 Å². The summed E-state index contributed by atoms with van der Waals surface area (Å²) >= 11 is 13.6. The van der Waals surface area contributed by atoms with Crippen molar-refractivity contribution in [3.8, 4) is 11.5 Å². The molecule has 0 aliphatic carbocycles. The van der Waals surface area contributed by atoms with Crippen LogP contribution in [0, 0.1) is 0 Å². The number of nitrogens with one attached hydrogen (secondary N) is 1. The molecule has 27 heavy (non-hydrogen) atoms. The minimum atomic E-state index is -0.211. The molecule has 2 aromatic rings. The number of rotatable bonds is 9. The molecule has 2 rings (SSSR count). The van der Waals surface area contributed by atoms with Crippen molar-refractivity contribution in [3.05, 3.63) is 57.6 Å². The van der Waals surface area contributed by atoms with E-state index in [1.807, 2.05) is 13.0 Å². The van der Waals surface area contributed by atoms with E-state index in [0.29, 0.717) is 33.9 Å². The Bertz CT molecular complexity index is 795. The number of benzene rings is 2. The number of nitrogens with zero attached hydrogens (tertiary/aromatic N) is 1. The molecule has 1 N–H and O–H groups in total. The molecule has 0 aromatic heterocycles. The predicted octanol–water partition coefficient (Wildman–Crippen LogP) is 4.78. The van der Waals surface area contributed by atoms with E-state index in [4.69, 9.17) is 32.7 Å². The number of thioether (sulfide) groups is 1. The van der Waals surface area contributed by atoms with Crippen LogP contribution in [-0.2, 0) is 10.5 Å². The summed E-state index contributed by atoms with van der Waals surface area (Å²) in [6.07, 6.45) is 1.55. The number of hydrazone groups is 1. The van der Waals surface area contributed by atoms with Gasteiger partial charge in [0.05, 0.1) is 25.7 Å². The van der Waals surface area contributed by atoms with Gasteiger partial charge in [0.15, 0.2) is 11.5 Å². The van der Waals surface area contributed by atoms with E-state index >= 15 is 0 Å². The molecule has 0 spiro atoms. The smallest absolute Gasteiger partial charge is 0.250 e. The summed E-state index contributed by atoms with van der Waals surface area (Å²) < 4.78 is 10.7. The average molecular weight is 427 g/mol. The topological polar surface area (TPSA) is 59.9 Å². The summed E-state index contributed by atoms with van der Waals surface area (Å²) in [4.78, 5) is 11.9. The van der Waals surface area contributed by atoms with Gasteiger partial charge in [0.2, 0.25) is 5.91 Å². The molecule has 0 aliphatic rings. The first-order chi connectivity index (χ1) is 13.0. The lowest BCUT2D eigenvalue weighted by Gasteiger charge is -2.09. The summed E-state index contributed by atoms with van der Waals surface area (Å²) in [5.74, 6) is 1.85. The van der Waals surface area contributed by atoms with Crippen LogP contribution < -0.4 is 14.9 Å². The summed E-state index contributed by atoms with van der Waals surface area (Å²) in [5.41, 5.74) is 4.10. The van der Waals surface area contributed by atoms with Gasteiger partial charge in [0, 0.05) is 15.8 Å². The van der Waals surface area contributed by atoms with Gasteiger partial charge >= 0.3 is 0 Å². The Kier molecular flexibility index (Phi) is 8.78. The van der Waals surface area contributed by atoms with Crippen molar-refractivity contribution in [2.24, 2.45) is 5.10 Å². The molecule has 0 aliphatic heterocycles. The fourth-order valence-corrected chi connectivity index (χ4v) is 3.72. The SMILES string of the molecule is CCOc1ccc(/C=N\NC(=O)CSCc2c(Cl)cccc2Cl)cc1OC. The monoisotopic (exact) mass is 426 g/mol. The molecule has 1 amide bonds. The number of hydrogen-bond donors (Lipinski definition) is 1. The lowest BCUT2D eigenvalue weighted by atomic mass is 10.2. The summed E-state index contributed by atoms with van der Waals surface area (Å²) in [7, 11) is 1.57. The Hall–Kier alpha value is -1.89. The van der Waals surface area contributed by atoms with E-state index in [1.165, 1.54) is 11.8 Å². The van der Waals surface area contributed by atoms with Crippen LogP contribution in [-0.4, -0.2) is 31.6 Å². The van der Waals surface area contributed by atoms with Crippen molar-refractivity contribution in [1.82, 2.24) is 5.43 Å². The number of amides is 1. The normalized spacial score (nSPS) is 10.8. The van der Waals surface area contributed by atoms with Crippen LogP contribution in [0.1, 0.15) is 18.1 Å². The van der Waals surface area contributed by atoms with Crippen molar-refractivity contribution >= 4 is 47.1 Å². The zero-order valence-corrected chi connectivity index (χ0v) is 17.3. The lowest BCUT2D eigenvalue weighted by molar-refractivity contribution is -0.118. The first-order valence-electron chi connectivity index (χ1n) is 8.18. The van der Waals surface area contributed by atoms with Crippen molar-refractivity contribution in [1.29, 1.82) is 0 Å². The van der Waals surface area contributed by atoms with Crippen LogP contribution in [0.2, 0.25) is 10.0 Å². The minimum absolute atomic E-state index is 0.211. The Morgan fingerprint density at radius 2 is 1.96 bits per heavy atom. The van der Waals surface area contributed by atoms with E-state index in [0.717, 1.165) is 11.1 Å². The van der Waals surface area contributed by atoms with Crippen LogP contribution in [0.4, 0.5) is 0 Å². The molecule has 0 unspecified atom stereocenters. The largest absolute Gasteiger partial charge is 0.493 e. The first-order valence-corrected chi connectivity index (χ1v) is 10.1. The quantitative estimate of drug-likeness (QED) is 0.462. The zero-order valence-electron chi connectivity index (χ0n) is 15.0. The average Bonchev–Trinajstić information content (AvgIpc) is 2.65. The van der Waals surface area contributed by atoms with E-state index in [-0.39, 0.29) is 11.7 Å². The minimum Gasteiger partial charge on any atom is -0.493 e. The number of carbonyl (C=O) groups is 1. The molecule has 8 heteroatoms. The second kappa shape index (κ2) is 11.1. The third kappa shape index (κ3) is 6.65. The summed E-state index contributed by atoms with van der Waals surface area (Å²) in [6, 6.07) is 10.8. The highest BCUT2D eigenvalue weighted by atomic mass is 35.5. The van der Waals surface area contributed by atoms with Gasteiger partial charge in [0.25, 0.3) is 0 Å². The standard InChI is InChI=1S/C19H20Cl2N2O3S/c1-3-26-17-8-7-13(9-18(17)25-2)10-22-23-19(24)12-27-11-14-15(20)5-4-6-16(14)21/h4-10H,3,11-12H2,1-2H3,(H,23,24)/b22-10-. The van der Waals surface area contributed by atoms with E-state index in [9.17, 15) is 4.79 Å². The molecule has 0 atom stereocenters. The first kappa shape index (κ1) is 21.4. The Balaban J connectivity index is 1.83. The molecule has 2 aromatic carbocycles. The van der Waals surface area contributed by atoms with Crippen LogP contribution in [0.3, 0.4) is 0 Å². The molecule has 0 heterocycles. The highest BCUT2D eigenvalue weighted by Crippen LogP contribution is 2.28. The van der Waals surface area contributed by atoms with Crippen molar-refractivity contribution in [2.75, 3.05) is 19.5 Å². The third-order valence-electron chi connectivity index (χ3n) is 3.43. The Labute approximate surface area is 173 Å². The molecule has 0 saturated heterocycles. The number of carbonyl (C=O) groups excluding carboxylic acids is 1. The van der Waals surface area contributed by atoms with Gasteiger partial charge in [-0.15, -0.1) is 11.8 Å². The second-order valence-electron chi connectivity index (χ2n) is 5.33. The second-order valence-corrected chi connectivity index (χ2v) is 7.13. The van der Waals surface area contributed by atoms with Crippen LogP contribution in [0.15, 0.2) is 41.5 Å². The van der Waals surface area contributed by atoms with E-state index < -0.39 is 0 Å². The number of ether oxygens (including phenoxy) is 2. The molecule has 0 saturated carbocycles. The maximum Gasteiger partial charge on any atom is 0.250 e. The number of methoxy groups -OCH3 is 1. The molecule has 0 radical (unpaired) electrons. The fraction of sp³-hybridized carbons (Fsp3) is 0.263. The van der Waals surface area contributed by atoms with Gasteiger partial charge in [-0.25, -0.2) is 5.43 Å². The number of halogens is 2. The molecular formula is C19H20Cl2N2O3S. The third-order valence-corrected chi connectivity index (χ3v) is 5.10. The van der Waals surface area contributed by atoms with Gasteiger partial charge in [-0.2, -0.15) is 5.10 Å². The van der Waals surface area contributed by atoms with Gasteiger partial charge in [-0.3, -0.25) is 4.79 Å². The van der Waals surface area contributed by atoms with Crippen molar-refractivity contribution < 1.29 is 14.3 Å². The van der Waals surface area contributed by atoms with Gasteiger partial charge < -0.3 is 9.47 Å². The molecule has 0 fully saturated rings. The fourth-order valence-electron chi connectivity index (χ4n) is 2.17. The molecule has 5 nitrogen and oxygen atoms in total. The summed E-state index contributed by atoms with van der Waals surface area (Å²) in [6.45, 7) is 2.46. The number of hydrogen-bond acceptors (Lipinski definition) is 5. The summed E-state index contributed by atoms with van der Waals surface area (Å²) in [5, 5.41) is 5.16. The Morgan fingerprint density at radius 3 is 2.63 bits per heavy atom. The zero-order chi connectivity index (χ0) is 19.6. The van der Waals surface area contributed by atoms with Crippen LogP contribution >= 0.6 is 35.0 Å². The molecule has 0 bridgehead atoms. The van der Waals surface area contributed by atoms with Crippen LogP contribution in [0.5, 0.6) is 11.5 Å². The highest BCUT2D eigenvalue weighted by molar-refractivity contribution is 7.99.